The quantitative estimate of drug-likeness (QED) is 0.732. The molecule has 2 aromatic rings. The van der Waals surface area contributed by atoms with Crippen molar-refractivity contribution >= 4 is 0 Å². The molecule has 1 heterocycles. The summed E-state index contributed by atoms with van der Waals surface area (Å²) in [7, 11) is 2.04. The molecule has 0 radical (unpaired) electrons. The van der Waals surface area contributed by atoms with E-state index in [-0.39, 0.29) is 0 Å². The summed E-state index contributed by atoms with van der Waals surface area (Å²) in [5, 5.41) is 0. The Bertz CT molecular complexity index is 673. The van der Waals surface area contributed by atoms with E-state index in [1.165, 1.54) is 5.56 Å². The number of hydrogen-bond donors (Lipinski definition) is 0. The summed E-state index contributed by atoms with van der Waals surface area (Å²) in [5.74, 6) is 0.631. The first-order chi connectivity index (χ1) is 10.2. The maximum absolute atomic E-state index is 7.51. The smallest absolute Gasteiger partial charge is 0.201 e. The highest BCUT2D eigenvalue weighted by Crippen LogP contribution is 2.21. The molecule has 1 heteroatoms. The maximum Gasteiger partial charge on any atom is 0.212 e. The SMILES string of the molecule is [2H]C([2H])([2H])c1ccc(-c2ccc(CC(C)C)c[n+]2C)c(C)c1. The molecule has 0 fully saturated rings. The van der Waals surface area contributed by atoms with Gasteiger partial charge < -0.3 is 0 Å². The lowest BCUT2D eigenvalue weighted by Crippen LogP contribution is -2.31. The van der Waals surface area contributed by atoms with Crippen LogP contribution >= 0.6 is 0 Å². The summed E-state index contributed by atoms with van der Waals surface area (Å²) < 4.78 is 24.6. The Hall–Kier alpha value is -1.63. The van der Waals surface area contributed by atoms with Crippen LogP contribution in [0.2, 0.25) is 0 Å². The normalized spacial score (nSPS) is 14.1. The minimum absolute atomic E-state index is 0.396. The number of aromatic nitrogens is 1. The van der Waals surface area contributed by atoms with E-state index in [1.54, 1.807) is 12.1 Å². The van der Waals surface area contributed by atoms with E-state index >= 15 is 0 Å². The van der Waals surface area contributed by atoms with Crippen molar-refractivity contribution in [3.63, 3.8) is 0 Å². The van der Waals surface area contributed by atoms with Gasteiger partial charge in [0, 0.05) is 21.3 Å². The van der Waals surface area contributed by atoms with E-state index in [1.807, 2.05) is 20.0 Å². The molecule has 0 N–H and O–H groups in total. The van der Waals surface area contributed by atoms with Gasteiger partial charge in [-0.25, -0.2) is 4.57 Å². The van der Waals surface area contributed by atoms with E-state index in [2.05, 4.69) is 36.7 Å². The topological polar surface area (TPSA) is 3.88 Å². The summed E-state index contributed by atoms with van der Waals surface area (Å²) in [6.45, 7) is 4.34. The fraction of sp³-hybridized carbons (Fsp3) is 0.389. The standard InChI is InChI=1S/C18H24N/c1-13(2)10-16-7-9-18(19(5)12-16)17-8-6-14(3)11-15(17)4/h6-9,11-13H,10H2,1-5H3/q+1/i3D3. The van der Waals surface area contributed by atoms with Gasteiger partial charge in [-0.2, -0.15) is 0 Å². The van der Waals surface area contributed by atoms with Crippen molar-refractivity contribution in [2.75, 3.05) is 0 Å². The minimum atomic E-state index is -2.05. The molecule has 0 unspecified atom stereocenters. The third-order valence-corrected chi connectivity index (χ3v) is 3.34. The fourth-order valence-electron chi connectivity index (χ4n) is 2.49. The molecule has 0 atom stereocenters. The van der Waals surface area contributed by atoms with Crippen LogP contribution in [0.15, 0.2) is 36.5 Å². The van der Waals surface area contributed by atoms with E-state index in [0.29, 0.717) is 11.5 Å². The predicted molar refractivity (Wildman–Crippen MR) is 81.1 cm³/mol. The molecule has 0 saturated carbocycles. The summed E-state index contributed by atoms with van der Waals surface area (Å²) in [6.07, 6.45) is 3.22. The number of aryl methyl sites for hydroxylation is 3. The highest BCUT2D eigenvalue weighted by Gasteiger charge is 2.13. The minimum Gasteiger partial charge on any atom is -0.201 e. The molecule has 0 spiro atoms. The van der Waals surface area contributed by atoms with E-state index < -0.39 is 6.85 Å². The molecule has 1 nitrogen and oxygen atoms in total. The van der Waals surface area contributed by atoms with Crippen LogP contribution in [0, 0.1) is 19.7 Å². The van der Waals surface area contributed by atoms with Crippen LogP contribution in [0.1, 0.15) is 34.7 Å². The fourth-order valence-corrected chi connectivity index (χ4v) is 2.49. The summed E-state index contributed by atoms with van der Waals surface area (Å²) in [6, 6.07) is 9.66. The molecule has 100 valence electrons. The molecule has 0 aliphatic heterocycles. The van der Waals surface area contributed by atoms with Crippen LogP contribution in [-0.4, -0.2) is 0 Å². The molecule has 0 aliphatic rings. The number of benzene rings is 1. The highest BCUT2D eigenvalue weighted by atomic mass is 14.9. The van der Waals surface area contributed by atoms with Crippen molar-refractivity contribution in [1.29, 1.82) is 0 Å². The molecule has 0 saturated heterocycles. The van der Waals surface area contributed by atoms with Crippen molar-refractivity contribution in [3.8, 4) is 11.3 Å². The first kappa shape index (κ1) is 10.2. The number of hydrogen-bond acceptors (Lipinski definition) is 0. The Morgan fingerprint density at radius 1 is 1.21 bits per heavy atom. The van der Waals surface area contributed by atoms with Crippen molar-refractivity contribution < 1.29 is 8.68 Å². The maximum atomic E-state index is 7.51. The average molecular weight is 257 g/mol. The zero-order chi connectivity index (χ0) is 16.5. The molecule has 1 aromatic heterocycles. The molecule has 0 aliphatic carbocycles. The predicted octanol–water partition coefficient (Wildman–Crippen LogP) is 3.99. The highest BCUT2D eigenvalue weighted by molar-refractivity contribution is 5.61. The molecule has 2 rings (SSSR count). The molecule has 19 heavy (non-hydrogen) atoms. The van der Waals surface area contributed by atoms with Gasteiger partial charge in [0.05, 0.1) is 0 Å². The van der Waals surface area contributed by atoms with Gasteiger partial charge in [-0.15, -0.1) is 0 Å². The van der Waals surface area contributed by atoms with Crippen LogP contribution in [0.5, 0.6) is 0 Å². The van der Waals surface area contributed by atoms with Crippen LogP contribution < -0.4 is 4.57 Å². The van der Waals surface area contributed by atoms with E-state index in [0.717, 1.165) is 23.2 Å². The van der Waals surface area contributed by atoms with Gasteiger partial charge >= 0.3 is 0 Å². The number of pyridine rings is 1. The van der Waals surface area contributed by atoms with Crippen molar-refractivity contribution in [3.05, 3.63) is 53.2 Å². The van der Waals surface area contributed by atoms with Gasteiger partial charge in [0.2, 0.25) is 5.69 Å². The van der Waals surface area contributed by atoms with Crippen LogP contribution in [0.25, 0.3) is 11.3 Å². The van der Waals surface area contributed by atoms with Gasteiger partial charge in [0.25, 0.3) is 0 Å². The van der Waals surface area contributed by atoms with Gasteiger partial charge in [-0.1, -0.05) is 31.5 Å². The second-order valence-electron chi connectivity index (χ2n) is 5.66. The van der Waals surface area contributed by atoms with E-state index in [9.17, 15) is 0 Å². The van der Waals surface area contributed by atoms with Crippen molar-refractivity contribution in [1.82, 2.24) is 0 Å². The van der Waals surface area contributed by atoms with Gasteiger partial charge in [-0.3, -0.25) is 0 Å². The van der Waals surface area contributed by atoms with Crippen molar-refractivity contribution in [2.24, 2.45) is 13.0 Å². The molecule has 1 aromatic carbocycles. The summed E-state index contributed by atoms with van der Waals surface area (Å²) >= 11 is 0. The second-order valence-corrected chi connectivity index (χ2v) is 5.66. The first-order valence-corrected chi connectivity index (χ1v) is 6.78. The summed E-state index contributed by atoms with van der Waals surface area (Å²) in [4.78, 5) is 0. The van der Waals surface area contributed by atoms with Crippen LogP contribution in [0.4, 0.5) is 0 Å². The lowest BCUT2D eigenvalue weighted by Gasteiger charge is -2.08. The lowest BCUT2D eigenvalue weighted by atomic mass is 10.00. The lowest BCUT2D eigenvalue weighted by molar-refractivity contribution is -0.660. The largest absolute Gasteiger partial charge is 0.212 e. The third kappa shape index (κ3) is 3.23. The van der Waals surface area contributed by atoms with Gasteiger partial charge in [0.1, 0.15) is 7.05 Å². The Morgan fingerprint density at radius 3 is 2.58 bits per heavy atom. The Balaban J connectivity index is 2.40. The third-order valence-electron chi connectivity index (χ3n) is 3.34. The molecule has 0 amide bonds. The van der Waals surface area contributed by atoms with E-state index in [4.69, 9.17) is 4.11 Å². The Kier molecular flexibility index (Phi) is 2.98. The summed E-state index contributed by atoms with van der Waals surface area (Å²) in [5.41, 5.74) is 4.88. The molecular weight excluding hydrogens is 230 g/mol. The van der Waals surface area contributed by atoms with Gasteiger partial charge in [-0.05, 0) is 43.8 Å². The Labute approximate surface area is 121 Å². The second kappa shape index (κ2) is 5.56. The zero-order valence-electron chi connectivity index (χ0n) is 15.2. The van der Waals surface area contributed by atoms with Crippen LogP contribution in [0.3, 0.4) is 0 Å². The zero-order valence-corrected chi connectivity index (χ0v) is 12.2. The van der Waals surface area contributed by atoms with Gasteiger partial charge in [0.15, 0.2) is 6.20 Å². The van der Waals surface area contributed by atoms with Crippen LogP contribution in [-0.2, 0) is 13.5 Å². The first-order valence-electron chi connectivity index (χ1n) is 8.28. The number of rotatable bonds is 3. The Morgan fingerprint density at radius 2 is 2.00 bits per heavy atom. The monoisotopic (exact) mass is 257 g/mol. The molecular formula is C18H24N+. The molecule has 0 bridgehead atoms. The number of nitrogens with zero attached hydrogens (tertiary/aromatic N) is 1. The van der Waals surface area contributed by atoms with Crippen molar-refractivity contribution in [2.45, 2.75) is 34.0 Å². The average Bonchev–Trinajstić information content (AvgIpc) is 2.37.